The van der Waals surface area contributed by atoms with E-state index in [9.17, 15) is 0 Å². The van der Waals surface area contributed by atoms with E-state index in [1.165, 1.54) is 0 Å². The van der Waals surface area contributed by atoms with Gasteiger partial charge in [0, 0.05) is 19.2 Å². The Morgan fingerprint density at radius 2 is 1.84 bits per heavy atom. The molecule has 0 radical (unpaired) electrons. The normalized spacial score (nSPS) is 14.7. The minimum atomic E-state index is 0.382. The summed E-state index contributed by atoms with van der Waals surface area (Å²) in [4.78, 5) is 15.8. The number of aryl methyl sites for hydroxylation is 1. The zero-order valence-electron chi connectivity index (χ0n) is 14.0. The van der Waals surface area contributed by atoms with Crippen molar-refractivity contribution in [2.24, 2.45) is 0 Å². The highest BCUT2D eigenvalue weighted by Crippen LogP contribution is 2.25. The molecule has 0 unspecified atom stereocenters. The van der Waals surface area contributed by atoms with Gasteiger partial charge in [0.1, 0.15) is 17.4 Å². The van der Waals surface area contributed by atoms with Crippen LogP contribution in [0, 0.1) is 6.92 Å². The van der Waals surface area contributed by atoms with Gasteiger partial charge in [-0.25, -0.2) is 15.0 Å². The molecule has 0 saturated carbocycles. The summed E-state index contributed by atoms with van der Waals surface area (Å²) in [6.07, 6.45) is 0. The summed E-state index contributed by atoms with van der Waals surface area (Å²) in [5, 5.41) is 0. The van der Waals surface area contributed by atoms with Crippen LogP contribution in [0.4, 0.5) is 11.6 Å². The van der Waals surface area contributed by atoms with E-state index in [2.05, 4.69) is 14.9 Å². The summed E-state index contributed by atoms with van der Waals surface area (Å²) in [5.74, 6) is 3.15. The number of rotatable bonds is 3. The monoisotopic (exact) mass is 337 g/mol. The predicted octanol–water partition coefficient (Wildman–Crippen LogP) is 2.53. The smallest absolute Gasteiger partial charge is 0.198 e. The Morgan fingerprint density at radius 3 is 2.60 bits per heavy atom. The summed E-state index contributed by atoms with van der Waals surface area (Å²) in [5.41, 5.74) is 7.40. The lowest BCUT2D eigenvalue weighted by atomic mass is 10.2. The van der Waals surface area contributed by atoms with Crippen LogP contribution in [-0.2, 0) is 4.74 Å². The fraction of sp³-hybridized carbons (Fsp3) is 0.278. The fourth-order valence-electron chi connectivity index (χ4n) is 2.80. The third kappa shape index (κ3) is 3.32. The Balaban J connectivity index is 1.70. The summed E-state index contributed by atoms with van der Waals surface area (Å²) in [7, 11) is 0. The molecule has 0 aromatic carbocycles. The van der Waals surface area contributed by atoms with Gasteiger partial charge >= 0.3 is 0 Å². The van der Waals surface area contributed by atoms with E-state index in [0.717, 1.165) is 30.4 Å². The van der Waals surface area contributed by atoms with Crippen molar-refractivity contribution in [1.82, 2.24) is 15.0 Å². The minimum Gasteiger partial charge on any atom is -0.458 e. The first-order valence-electron chi connectivity index (χ1n) is 8.20. The van der Waals surface area contributed by atoms with Gasteiger partial charge in [0.2, 0.25) is 0 Å². The van der Waals surface area contributed by atoms with E-state index in [4.69, 9.17) is 19.9 Å². The van der Waals surface area contributed by atoms with Crippen molar-refractivity contribution in [3.8, 4) is 23.0 Å². The first kappa shape index (κ1) is 15.6. The van der Waals surface area contributed by atoms with Gasteiger partial charge in [-0.15, -0.1) is 0 Å². The molecule has 4 rings (SSSR count). The van der Waals surface area contributed by atoms with E-state index in [1.807, 2.05) is 37.3 Å². The topological polar surface area (TPSA) is 90.3 Å². The summed E-state index contributed by atoms with van der Waals surface area (Å²) in [6, 6.07) is 11.3. The Kier molecular flexibility index (Phi) is 4.07. The predicted molar refractivity (Wildman–Crippen MR) is 95.1 cm³/mol. The van der Waals surface area contributed by atoms with Crippen molar-refractivity contribution in [3.63, 3.8) is 0 Å². The molecule has 1 saturated heterocycles. The number of hydrogen-bond donors (Lipinski definition) is 1. The highest BCUT2D eigenvalue weighted by Gasteiger charge is 2.15. The van der Waals surface area contributed by atoms with Crippen LogP contribution in [-0.4, -0.2) is 41.3 Å². The van der Waals surface area contributed by atoms with Crippen LogP contribution >= 0.6 is 0 Å². The molecule has 1 aliphatic rings. The van der Waals surface area contributed by atoms with E-state index in [1.54, 1.807) is 6.07 Å². The van der Waals surface area contributed by atoms with Crippen molar-refractivity contribution in [1.29, 1.82) is 0 Å². The Hall–Kier alpha value is -2.93. The molecule has 0 spiro atoms. The number of hydrogen-bond acceptors (Lipinski definition) is 7. The SMILES string of the molecule is Cc1ccc(-c2nc(N)cc(-c3cccc(N4CCOCC4)n3)n2)o1. The standard InChI is InChI=1S/C18H19N5O2/c1-12-5-6-15(25-12)18-21-14(11-16(19)22-18)13-3-2-4-17(20-13)23-7-9-24-10-8-23/h2-6,11H,7-10H2,1H3,(H2,19,21,22). The van der Waals surface area contributed by atoms with Crippen LogP contribution in [0.1, 0.15) is 5.76 Å². The van der Waals surface area contributed by atoms with Gasteiger partial charge in [0.25, 0.3) is 0 Å². The molecule has 7 nitrogen and oxygen atoms in total. The van der Waals surface area contributed by atoms with Gasteiger partial charge in [-0.3, -0.25) is 0 Å². The van der Waals surface area contributed by atoms with Gasteiger partial charge in [-0.05, 0) is 31.2 Å². The number of nitrogens with zero attached hydrogens (tertiary/aromatic N) is 4. The number of furan rings is 1. The lowest BCUT2D eigenvalue weighted by molar-refractivity contribution is 0.122. The molecular formula is C18H19N5O2. The number of aromatic nitrogens is 3. The van der Waals surface area contributed by atoms with Crippen LogP contribution in [0.2, 0.25) is 0 Å². The molecule has 0 aliphatic carbocycles. The van der Waals surface area contributed by atoms with Gasteiger partial charge < -0.3 is 19.8 Å². The maximum Gasteiger partial charge on any atom is 0.198 e. The van der Waals surface area contributed by atoms with E-state index in [-0.39, 0.29) is 0 Å². The molecule has 0 atom stereocenters. The maximum absolute atomic E-state index is 5.97. The Morgan fingerprint density at radius 1 is 1.00 bits per heavy atom. The summed E-state index contributed by atoms with van der Waals surface area (Å²) >= 11 is 0. The summed E-state index contributed by atoms with van der Waals surface area (Å²) in [6.45, 7) is 4.98. The van der Waals surface area contributed by atoms with Crippen LogP contribution in [0.15, 0.2) is 40.8 Å². The van der Waals surface area contributed by atoms with Crippen LogP contribution in [0.25, 0.3) is 23.0 Å². The second kappa shape index (κ2) is 6.52. The van der Waals surface area contributed by atoms with Crippen molar-refractivity contribution < 1.29 is 9.15 Å². The second-order valence-electron chi connectivity index (χ2n) is 5.89. The third-order valence-electron chi connectivity index (χ3n) is 4.04. The van der Waals surface area contributed by atoms with Gasteiger partial charge in [-0.1, -0.05) is 6.07 Å². The largest absolute Gasteiger partial charge is 0.458 e. The highest BCUT2D eigenvalue weighted by atomic mass is 16.5. The molecule has 3 aromatic heterocycles. The average molecular weight is 337 g/mol. The van der Waals surface area contributed by atoms with Crippen LogP contribution in [0.3, 0.4) is 0 Å². The number of anilines is 2. The first-order valence-corrected chi connectivity index (χ1v) is 8.20. The molecule has 2 N–H and O–H groups in total. The molecule has 4 heterocycles. The quantitative estimate of drug-likeness (QED) is 0.785. The number of pyridine rings is 1. The Labute approximate surface area is 145 Å². The van der Waals surface area contributed by atoms with E-state index >= 15 is 0 Å². The average Bonchev–Trinajstić information content (AvgIpc) is 3.09. The third-order valence-corrected chi connectivity index (χ3v) is 4.04. The van der Waals surface area contributed by atoms with Crippen LogP contribution < -0.4 is 10.6 Å². The van der Waals surface area contributed by atoms with Gasteiger partial charge in [0.15, 0.2) is 11.6 Å². The molecule has 128 valence electrons. The highest BCUT2D eigenvalue weighted by molar-refractivity contribution is 5.64. The lowest BCUT2D eigenvalue weighted by Crippen LogP contribution is -2.36. The lowest BCUT2D eigenvalue weighted by Gasteiger charge is -2.28. The van der Waals surface area contributed by atoms with E-state index in [0.29, 0.717) is 36.3 Å². The molecule has 0 amide bonds. The minimum absolute atomic E-state index is 0.382. The first-order chi connectivity index (χ1) is 12.2. The van der Waals surface area contributed by atoms with Gasteiger partial charge in [-0.2, -0.15) is 0 Å². The second-order valence-corrected chi connectivity index (χ2v) is 5.89. The number of nitrogens with two attached hydrogens (primary N) is 1. The van der Waals surface area contributed by atoms with Crippen molar-refractivity contribution in [2.75, 3.05) is 36.9 Å². The van der Waals surface area contributed by atoms with Gasteiger partial charge in [0.05, 0.1) is 24.6 Å². The molecule has 0 bridgehead atoms. The Bertz CT molecular complexity index is 887. The molecule has 3 aromatic rings. The fourth-order valence-corrected chi connectivity index (χ4v) is 2.80. The zero-order chi connectivity index (χ0) is 17.2. The van der Waals surface area contributed by atoms with Crippen molar-refractivity contribution in [2.45, 2.75) is 6.92 Å². The molecule has 1 aliphatic heterocycles. The van der Waals surface area contributed by atoms with Crippen molar-refractivity contribution in [3.05, 3.63) is 42.2 Å². The molecule has 7 heteroatoms. The molecular weight excluding hydrogens is 318 g/mol. The number of morpholine rings is 1. The molecule has 25 heavy (non-hydrogen) atoms. The van der Waals surface area contributed by atoms with E-state index < -0.39 is 0 Å². The number of ether oxygens (including phenoxy) is 1. The number of nitrogen functional groups attached to an aromatic ring is 1. The maximum atomic E-state index is 5.97. The van der Waals surface area contributed by atoms with Crippen molar-refractivity contribution >= 4 is 11.6 Å². The molecule has 1 fully saturated rings. The van der Waals surface area contributed by atoms with Crippen LogP contribution in [0.5, 0.6) is 0 Å². The zero-order valence-corrected chi connectivity index (χ0v) is 14.0. The summed E-state index contributed by atoms with van der Waals surface area (Å²) < 4.78 is 11.0.